The van der Waals surface area contributed by atoms with E-state index in [9.17, 15) is 9.50 Å². The predicted molar refractivity (Wildman–Crippen MR) is 83.5 cm³/mol. The average Bonchev–Trinajstić information content (AvgIpc) is 2.79. The lowest BCUT2D eigenvalue weighted by molar-refractivity contribution is 0.176. The molecule has 0 aliphatic carbocycles. The van der Waals surface area contributed by atoms with E-state index in [4.69, 9.17) is 0 Å². The zero-order chi connectivity index (χ0) is 15.0. The molecule has 0 saturated carbocycles. The number of fused-ring (bicyclic) bond motifs is 1. The Morgan fingerprint density at radius 1 is 1.24 bits per heavy atom. The quantitative estimate of drug-likeness (QED) is 0.782. The number of rotatable bonds is 3. The molecule has 2 aromatic carbocycles. The maximum absolute atomic E-state index is 13.6. The van der Waals surface area contributed by atoms with Gasteiger partial charge in [0.15, 0.2) is 0 Å². The molecule has 5 heteroatoms. The normalized spacial score (nSPS) is 12.8. The molecular formula is C16H14BrFN2O. The van der Waals surface area contributed by atoms with E-state index in [1.165, 1.54) is 6.07 Å². The minimum atomic E-state index is -0.812. The number of aliphatic hydroxyl groups is 1. The molecule has 3 aromatic rings. The fraction of sp³-hybridized carbons (Fsp3) is 0.188. The maximum Gasteiger partial charge on any atom is 0.137 e. The zero-order valence-electron chi connectivity index (χ0n) is 11.4. The van der Waals surface area contributed by atoms with Gasteiger partial charge in [-0.15, -0.1) is 0 Å². The van der Waals surface area contributed by atoms with E-state index in [-0.39, 0.29) is 5.82 Å². The van der Waals surface area contributed by atoms with Crippen LogP contribution in [0.25, 0.3) is 10.9 Å². The highest BCUT2D eigenvalue weighted by Crippen LogP contribution is 2.29. The number of para-hydroxylation sites is 1. The van der Waals surface area contributed by atoms with Gasteiger partial charge in [0.2, 0.25) is 0 Å². The van der Waals surface area contributed by atoms with Crippen LogP contribution in [-0.4, -0.2) is 14.9 Å². The summed E-state index contributed by atoms with van der Waals surface area (Å²) in [5.74, 6) is -0.377. The van der Waals surface area contributed by atoms with E-state index in [0.29, 0.717) is 16.5 Å². The zero-order valence-corrected chi connectivity index (χ0v) is 13.0. The third-order valence-electron chi connectivity index (χ3n) is 3.56. The molecule has 0 fully saturated rings. The Hall–Kier alpha value is -1.72. The predicted octanol–water partition coefficient (Wildman–Crippen LogP) is 3.75. The average molecular weight is 349 g/mol. The number of aliphatic hydroxyl groups excluding tert-OH is 1. The molecule has 0 saturated heterocycles. The maximum atomic E-state index is 13.6. The van der Waals surface area contributed by atoms with Gasteiger partial charge in [-0.05, 0) is 33.6 Å². The summed E-state index contributed by atoms with van der Waals surface area (Å²) in [5, 5.41) is 15.9. The van der Waals surface area contributed by atoms with Crippen molar-refractivity contribution < 1.29 is 9.50 Å². The van der Waals surface area contributed by atoms with Crippen molar-refractivity contribution in [1.82, 2.24) is 9.78 Å². The summed E-state index contributed by atoms with van der Waals surface area (Å²) in [6.45, 7) is 0. The van der Waals surface area contributed by atoms with Gasteiger partial charge in [0.25, 0.3) is 0 Å². The number of hydrogen-bond acceptors (Lipinski definition) is 2. The van der Waals surface area contributed by atoms with Crippen LogP contribution in [0.1, 0.15) is 17.4 Å². The van der Waals surface area contributed by atoms with Gasteiger partial charge in [0.05, 0.1) is 21.8 Å². The summed E-state index contributed by atoms with van der Waals surface area (Å²) in [7, 11) is 1.87. The lowest BCUT2D eigenvalue weighted by atomic mass is 10.0. The van der Waals surface area contributed by atoms with Crippen LogP contribution in [-0.2, 0) is 13.5 Å². The molecule has 3 nitrogen and oxygen atoms in total. The van der Waals surface area contributed by atoms with E-state index in [1.807, 2.05) is 31.3 Å². The summed E-state index contributed by atoms with van der Waals surface area (Å²) in [4.78, 5) is 0. The summed E-state index contributed by atoms with van der Waals surface area (Å²) >= 11 is 3.19. The van der Waals surface area contributed by atoms with Gasteiger partial charge in [-0.25, -0.2) is 4.39 Å². The number of halogens is 2. The first-order chi connectivity index (χ1) is 10.1. The molecule has 1 aromatic heterocycles. The van der Waals surface area contributed by atoms with Gasteiger partial charge in [-0.2, -0.15) is 5.10 Å². The molecule has 0 spiro atoms. The second-order valence-electron chi connectivity index (χ2n) is 4.95. The van der Waals surface area contributed by atoms with Gasteiger partial charge < -0.3 is 5.11 Å². The van der Waals surface area contributed by atoms with Crippen molar-refractivity contribution in [2.45, 2.75) is 12.5 Å². The van der Waals surface area contributed by atoms with Gasteiger partial charge in [-0.3, -0.25) is 4.68 Å². The van der Waals surface area contributed by atoms with E-state index < -0.39 is 6.10 Å². The fourth-order valence-electron chi connectivity index (χ4n) is 2.51. The van der Waals surface area contributed by atoms with Crippen LogP contribution in [0.2, 0.25) is 0 Å². The summed E-state index contributed by atoms with van der Waals surface area (Å²) in [6, 6.07) is 12.5. The Labute approximate surface area is 130 Å². The summed E-state index contributed by atoms with van der Waals surface area (Å²) in [6.07, 6.45) is -0.475. The molecule has 0 aliphatic heterocycles. The first kappa shape index (κ1) is 14.2. The van der Waals surface area contributed by atoms with E-state index in [1.54, 1.807) is 16.8 Å². The number of hydrogen-bond donors (Lipinski definition) is 1. The van der Waals surface area contributed by atoms with Crippen molar-refractivity contribution in [1.29, 1.82) is 0 Å². The van der Waals surface area contributed by atoms with Crippen LogP contribution in [0, 0.1) is 5.82 Å². The second-order valence-corrected chi connectivity index (χ2v) is 5.74. The largest absolute Gasteiger partial charge is 0.388 e. The second kappa shape index (κ2) is 5.58. The van der Waals surface area contributed by atoms with Crippen LogP contribution in [0.3, 0.4) is 0 Å². The smallest absolute Gasteiger partial charge is 0.137 e. The first-order valence-electron chi connectivity index (χ1n) is 6.60. The third kappa shape index (κ3) is 2.59. The minimum Gasteiger partial charge on any atom is -0.388 e. The summed E-state index contributed by atoms with van der Waals surface area (Å²) < 4.78 is 15.7. The van der Waals surface area contributed by atoms with Gasteiger partial charge in [0, 0.05) is 18.9 Å². The monoisotopic (exact) mass is 348 g/mol. The molecule has 0 amide bonds. The van der Waals surface area contributed by atoms with Crippen LogP contribution in [0.15, 0.2) is 46.9 Å². The Balaban J connectivity index is 1.97. The first-order valence-corrected chi connectivity index (χ1v) is 7.40. The van der Waals surface area contributed by atoms with Crippen LogP contribution in [0.5, 0.6) is 0 Å². The van der Waals surface area contributed by atoms with Gasteiger partial charge >= 0.3 is 0 Å². The number of nitrogens with zero attached hydrogens (tertiary/aromatic N) is 2. The molecule has 1 heterocycles. The molecule has 108 valence electrons. The SMILES string of the molecule is Cn1nc(CC(O)c2cccc(F)c2Br)c2ccccc21. The van der Waals surface area contributed by atoms with Crippen molar-refractivity contribution in [2.75, 3.05) is 0 Å². The number of benzene rings is 2. The molecule has 3 rings (SSSR count). The Morgan fingerprint density at radius 3 is 2.81 bits per heavy atom. The van der Waals surface area contributed by atoms with E-state index >= 15 is 0 Å². The van der Waals surface area contributed by atoms with Gasteiger partial charge in [0.1, 0.15) is 5.82 Å². The third-order valence-corrected chi connectivity index (χ3v) is 4.40. The lowest BCUT2D eigenvalue weighted by Gasteiger charge is -2.12. The summed E-state index contributed by atoms with van der Waals surface area (Å²) in [5.41, 5.74) is 2.35. The lowest BCUT2D eigenvalue weighted by Crippen LogP contribution is -2.05. The minimum absolute atomic E-state index is 0.303. The number of aryl methyl sites for hydroxylation is 1. The molecule has 1 unspecified atom stereocenters. The molecule has 1 atom stereocenters. The highest BCUT2D eigenvalue weighted by molar-refractivity contribution is 9.10. The highest BCUT2D eigenvalue weighted by atomic mass is 79.9. The molecule has 1 N–H and O–H groups in total. The highest BCUT2D eigenvalue weighted by Gasteiger charge is 2.18. The molecule has 0 aliphatic rings. The Morgan fingerprint density at radius 2 is 2.00 bits per heavy atom. The molecular weight excluding hydrogens is 335 g/mol. The van der Waals surface area contributed by atoms with Crippen LogP contribution < -0.4 is 0 Å². The van der Waals surface area contributed by atoms with Crippen LogP contribution in [0.4, 0.5) is 4.39 Å². The topological polar surface area (TPSA) is 38.0 Å². The van der Waals surface area contributed by atoms with Crippen molar-refractivity contribution in [3.05, 3.63) is 64.0 Å². The van der Waals surface area contributed by atoms with E-state index in [0.717, 1.165) is 16.6 Å². The molecule has 0 radical (unpaired) electrons. The molecule has 0 bridgehead atoms. The van der Waals surface area contributed by atoms with Gasteiger partial charge in [-0.1, -0.05) is 30.3 Å². The van der Waals surface area contributed by atoms with E-state index in [2.05, 4.69) is 21.0 Å². The van der Waals surface area contributed by atoms with Crippen molar-refractivity contribution >= 4 is 26.8 Å². The molecule has 21 heavy (non-hydrogen) atoms. The Kier molecular flexibility index (Phi) is 3.78. The Bertz CT molecular complexity index is 800. The van der Waals surface area contributed by atoms with Crippen molar-refractivity contribution in [2.24, 2.45) is 7.05 Å². The fourth-order valence-corrected chi connectivity index (χ4v) is 3.04. The standard InChI is InChI=1S/C16H14BrFN2O/c1-20-14-8-3-2-5-10(14)13(19-20)9-15(21)11-6-4-7-12(18)16(11)17/h2-8,15,21H,9H2,1H3. The van der Waals surface area contributed by atoms with Crippen molar-refractivity contribution in [3.63, 3.8) is 0 Å². The van der Waals surface area contributed by atoms with Crippen molar-refractivity contribution in [3.8, 4) is 0 Å². The van der Waals surface area contributed by atoms with Crippen LogP contribution >= 0.6 is 15.9 Å². The number of aromatic nitrogens is 2.